The molecule has 9 heteroatoms. The number of hydrogen-bond donors (Lipinski definition) is 3. The fourth-order valence-corrected chi connectivity index (χ4v) is 6.38. The third-order valence-corrected chi connectivity index (χ3v) is 8.90. The summed E-state index contributed by atoms with van der Waals surface area (Å²) in [6.45, 7) is 4.46. The summed E-state index contributed by atoms with van der Waals surface area (Å²) in [5, 5.41) is 1.12. The zero-order valence-electron chi connectivity index (χ0n) is 18.1. The van der Waals surface area contributed by atoms with Crippen LogP contribution in [0.2, 0.25) is 0 Å². The monoisotopic (exact) mass is 469 g/mol. The number of fused-ring (bicyclic) bond motifs is 1. The minimum absolute atomic E-state index is 0.0993. The summed E-state index contributed by atoms with van der Waals surface area (Å²) >= 11 is 7.81. The lowest BCUT2D eigenvalue weighted by molar-refractivity contribution is 0.187. The first-order valence-electron chi connectivity index (χ1n) is 11.0. The summed E-state index contributed by atoms with van der Waals surface area (Å²) in [5.41, 5.74) is 21.7. The number of dihydropyridines is 1. The molecule has 1 saturated heterocycles. The highest BCUT2D eigenvalue weighted by molar-refractivity contribution is 8.03. The van der Waals surface area contributed by atoms with Crippen molar-refractivity contribution in [1.82, 2.24) is 9.97 Å². The van der Waals surface area contributed by atoms with E-state index in [1.807, 2.05) is 0 Å². The van der Waals surface area contributed by atoms with Gasteiger partial charge in [0.15, 0.2) is 5.82 Å². The van der Waals surface area contributed by atoms with Gasteiger partial charge >= 0.3 is 0 Å². The van der Waals surface area contributed by atoms with Gasteiger partial charge in [-0.25, -0.2) is 9.97 Å². The molecule has 6 N–H and O–H groups in total. The van der Waals surface area contributed by atoms with Crippen LogP contribution in [0.4, 0.5) is 11.6 Å². The molecule has 0 bridgehead atoms. The van der Waals surface area contributed by atoms with Crippen molar-refractivity contribution in [3.63, 3.8) is 0 Å². The van der Waals surface area contributed by atoms with Gasteiger partial charge in [-0.15, -0.1) is 0 Å². The summed E-state index contributed by atoms with van der Waals surface area (Å²) in [6, 6.07) is 8.69. The molecule has 5 rings (SSSR count). The van der Waals surface area contributed by atoms with Crippen LogP contribution < -0.4 is 22.1 Å². The highest BCUT2D eigenvalue weighted by atomic mass is 35.5. The molecule has 3 aliphatic rings. The van der Waals surface area contributed by atoms with Crippen LogP contribution in [0.5, 0.6) is 0 Å². The van der Waals surface area contributed by atoms with E-state index in [0.29, 0.717) is 28.3 Å². The summed E-state index contributed by atoms with van der Waals surface area (Å²) in [5.74, 6) is 1.75. The number of aliphatic imine (C=N–C) groups is 1. The van der Waals surface area contributed by atoms with E-state index in [1.165, 1.54) is 22.9 Å². The first kappa shape index (κ1) is 21.6. The number of thioether (sulfide) groups is 1. The second-order valence-electron chi connectivity index (χ2n) is 9.03. The van der Waals surface area contributed by atoms with Gasteiger partial charge in [-0.05, 0) is 35.8 Å². The number of halogens is 1. The number of aromatic nitrogens is 2. The molecule has 0 radical (unpaired) electrons. The molecule has 1 fully saturated rings. The Labute approximate surface area is 197 Å². The van der Waals surface area contributed by atoms with Crippen molar-refractivity contribution < 1.29 is 0 Å². The van der Waals surface area contributed by atoms with E-state index in [9.17, 15) is 0 Å². The third kappa shape index (κ3) is 3.64. The van der Waals surface area contributed by atoms with Crippen molar-refractivity contribution in [3.8, 4) is 0 Å². The lowest BCUT2D eigenvalue weighted by atomic mass is 9.73. The average Bonchev–Trinajstić information content (AvgIpc) is 3.07. The van der Waals surface area contributed by atoms with Crippen LogP contribution in [-0.2, 0) is 6.42 Å². The van der Waals surface area contributed by atoms with E-state index in [4.69, 9.17) is 28.8 Å². The van der Waals surface area contributed by atoms with Gasteiger partial charge in [-0.1, -0.05) is 54.6 Å². The number of benzene rings is 1. The number of piperidine rings is 1. The van der Waals surface area contributed by atoms with Crippen molar-refractivity contribution in [3.05, 3.63) is 51.5 Å². The van der Waals surface area contributed by atoms with E-state index in [-0.39, 0.29) is 17.4 Å². The molecule has 32 heavy (non-hydrogen) atoms. The summed E-state index contributed by atoms with van der Waals surface area (Å²) in [6.07, 6.45) is 4.92. The van der Waals surface area contributed by atoms with Crippen molar-refractivity contribution in [2.45, 2.75) is 37.3 Å². The maximum Gasteiger partial charge on any atom is 0.158 e. The number of rotatable bonds is 3. The van der Waals surface area contributed by atoms with Crippen LogP contribution in [0.1, 0.15) is 36.9 Å². The Morgan fingerprint density at radius 1 is 1.19 bits per heavy atom. The molecular weight excluding hydrogens is 442 g/mol. The molecule has 0 amide bonds. The molecular formula is C23H28ClN7S. The van der Waals surface area contributed by atoms with Gasteiger partial charge in [0.05, 0.1) is 11.2 Å². The maximum atomic E-state index is 6.70. The third-order valence-electron chi connectivity index (χ3n) is 7.06. The fourth-order valence-electron chi connectivity index (χ4n) is 5.08. The highest BCUT2D eigenvalue weighted by Crippen LogP contribution is 2.51. The largest absolute Gasteiger partial charge is 0.383 e. The zero-order chi connectivity index (χ0) is 22.5. The van der Waals surface area contributed by atoms with Gasteiger partial charge in [-0.3, -0.25) is 4.99 Å². The molecule has 2 aliphatic heterocycles. The lowest BCUT2D eigenvalue weighted by Crippen LogP contribution is -2.44. The minimum Gasteiger partial charge on any atom is -0.383 e. The standard InChI is InChI=1S/C23H28ClN7S/c1-13-11-28-20(26)17(24)18(13)32-22-21(27)30-16(12-29-22)31-8-6-23(7-9-31)10-14-4-2-3-5-15(14)19(23)25/h2-5,12-13,19H,6-11,25H2,1H3,(H2,26,28)(H2,27,30)/t13?,19-/m1/s1. The van der Waals surface area contributed by atoms with Gasteiger partial charge in [-0.2, -0.15) is 0 Å². The van der Waals surface area contributed by atoms with Crippen LogP contribution in [0.15, 0.2) is 50.4 Å². The number of nitrogens with zero attached hydrogens (tertiary/aromatic N) is 4. The first-order chi connectivity index (χ1) is 15.4. The highest BCUT2D eigenvalue weighted by Gasteiger charge is 2.45. The summed E-state index contributed by atoms with van der Waals surface area (Å²) < 4.78 is 0. The van der Waals surface area contributed by atoms with E-state index >= 15 is 0 Å². The quantitative estimate of drug-likeness (QED) is 0.629. The molecule has 2 atom stereocenters. The molecule has 2 aromatic rings. The van der Waals surface area contributed by atoms with Crippen molar-refractivity contribution in [2.75, 3.05) is 30.3 Å². The number of hydrogen-bond acceptors (Lipinski definition) is 8. The molecule has 1 aliphatic carbocycles. The smallest absolute Gasteiger partial charge is 0.158 e. The molecule has 1 aromatic heterocycles. The predicted molar refractivity (Wildman–Crippen MR) is 132 cm³/mol. The second kappa shape index (κ2) is 8.24. The molecule has 3 heterocycles. The minimum atomic E-state index is 0.0993. The normalized spacial score (nSPS) is 24.6. The van der Waals surface area contributed by atoms with Crippen LogP contribution in [0.25, 0.3) is 0 Å². The lowest BCUT2D eigenvalue weighted by Gasteiger charge is -2.42. The van der Waals surface area contributed by atoms with E-state index in [0.717, 1.165) is 43.1 Å². The number of amidine groups is 1. The van der Waals surface area contributed by atoms with Gasteiger partial charge in [0.25, 0.3) is 0 Å². The predicted octanol–water partition coefficient (Wildman–Crippen LogP) is 3.45. The van der Waals surface area contributed by atoms with E-state index < -0.39 is 0 Å². The summed E-state index contributed by atoms with van der Waals surface area (Å²) in [7, 11) is 0. The average molecular weight is 470 g/mol. The number of nitrogen functional groups attached to an aromatic ring is 1. The zero-order valence-corrected chi connectivity index (χ0v) is 19.7. The maximum absolute atomic E-state index is 6.70. The fraction of sp³-hybridized carbons (Fsp3) is 0.435. The Hall–Kier alpha value is -2.29. The van der Waals surface area contributed by atoms with Gasteiger partial charge in [0.1, 0.15) is 16.7 Å². The Balaban J connectivity index is 1.29. The van der Waals surface area contributed by atoms with Crippen LogP contribution in [0.3, 0.4) is 0 Å². The van der Waals surface area contributed by atoms with E-state index in [1.54, 1.807) is 6.20 Å². The molecule has 0 saturated carbocycles. The van der Waals surface area contributed by atoms with Crippen LogP contribution in [-0.4, -0.2) is 35.4 Å². The first-order valence-corrected chi connectivity index (χ1v) is 12.2. The van der Waals surface area contributed by atoms with E-state index in [2.05, 4.69) is 51.0 Å². The van der Waals surface area contributed by atoms with Crippen LogP contribution >= 0.6 is 23.4 Å². The summed E-state index contributed by atoms with van der Waals surface area (Å²) in [4.78, 5) is 16.7. The second-order valence-corrected chi connectivity index (χ2v) is 10.4. The Morgan fingerprint density at radius 2 is 1.94 bits per heavy atom. The topological polar surface area (TPSA) is 119 Å². The van der Waals surface area contributed by atoms with Gasteiger partial charge in [0, 0.05) is 36.5 Å². The van der Waals surface area contributed by atoms with Crippen molar-refractivity contribution in [1.29, 1.82) is 0 Å². The van der Waals surface area contributed by atoms with Crippen LogP contribution in [0, 0.1) is 11.3 Å². The Morgan fingerprint density at radius 3 is 2.66 bits per heavy atom. The number of anilines is 2. The molecule has 1 unspecified atom stereocenters. The van der Waals surface area contributed by atoms with Gasteiger partial charge in [0.2, 0.25) is 0 Å². The number of nitrogens with two attached hydrogens (primary N) is 3. The Kier molecular flexibility index (Phi) is 5.55. The van der Waals surface area contributed by atoms with Crippen molar-refractivity contribution >= 4 is 40.8 Å². The van der Waals surface area contributed by atoms with Gasteiger partial charge < -0.3 is 22.1 Å². The Bertz CT molecular complexity index is 1110. The van der Waals surface area contributed by atoms with Crippen molar-refractivity contribution in [2.24, 2.45) is 27.8 Å². The molecule has 168 valence electrons. The molecule has 1 spiro atoms. The SMILES string of the molecule is CC1CN=C(N)C(Cl)=C1Sc1ncc(N2CCC3(CC2)Cc2ccccc2[C@H]3N)nc1N. The molecule has 1 aromatic carbocycles. The molecule has 7 nitrogen and oxygen atoms in total.